The predicted octanol–water partition coefficient (Wildman–Crippen LogP) is 2.30. The number of benzene rings is 1. The molecule has 2 aromatic rings. The summed E-state index contributed by atoms with van der Waals surface area (Å²) in [6.45, 7) is 4.20. The van der Waals surface area contributed by atoms with Crippen molar-refractivity contribution < 1.29 is 4.79 Å². The average Bonchev–Trinajstić information content (AvgIpc) is 2.65. The Morgan fingerprint density at radius 3 is 2.74 bits per heavy atom. The summed E-state index contributed by atoms with van der Waals surface area (Å²) in [5.74, 6) is -0.0692. The van der Waals surface area contributed by atoms with Crippen molar-refractivity contribution in [1.29, 1.82) is 0 Å². The molecule has 5 nitrogen and oxygen atoms in total. The van der Waals surface area contributed by atoms with Crippen molar-refractivity contribution >= 4 is 17.3 Å². The molecule has 19 heavy (non-hydrogen) atoms. The first-order valence-electron chi connectivity index (χ1n) is 6.15. The molecule has 1 aromatic carbocycles. The van der Waals surface area contributed by atoms with E-state index in [1.165, 1.54) is 6.92 Å². The number of aryl methyl sites for hydroxylation is 2. The van der Waals surface area contributed by atoms with Gasteiger partial charge in [-0.25, -0.2) is 0 Å². The Morgan fingerprint density at radius 1 is 1.37 bits per heavy atom. The summed E-state index contributed by atoms with van der Waals surface area (Å²) in [7, 11) is 1.91. The summed E-state index contributed by atoms with van der Waals surface area (Å²) in [5, 5.41) is 10.4. The number of anilines is 2. The second-order valence-corrected chi connectivity index (χ2v) is 4.53. The minimum absolute atomic E-state index is 0.0692. The van der Waals surface area contributed by atoms with Crippen molar-refractivity contribution in [2.75, 3.05) is 10.6 Å². The number of hydrogen-bond acceptors (Lipinski definition) is 3. The van der Waals surface area contributed by atoms with Gasteiger partial charge in [-0.1, -0.05) is 6.07 Å². The summed E-state index contributed by atoms with van der Waals surface area (Å²) in [5.41, 5.74) is 3.94. The molecular formula is C14H18N4O. The van der Waals surface area contributed by atoms with Crippen LogP contribution in [0, 0.1) is 6.92 Å². The highest BCUT2D eigenvalue weighted by atomic mass is 16.1. The Balaban J connectivity index is 2.03. The van der Waals surface area contributed by atoms with Gasteiger partial charge < -0.3 is 10.6 Å². The van der Waals surface area contributed by atoms with Gasteiger partial charge in [-0.05, 0) is 25.1 Å². The summed E-state index contributed by atoms with van der Waals surface area (Å²) < 4.78 is 1.81. The van der Waals surface area contributed by atoms with E-state index in [1.807, 2.05) is 44.4 Å². The molecule has 100 valence electrons. The van der Waals surface area contributed by atoms with Crippen molar-refractivity contribution in [3.05, 3.63) is 41.7 Å². The van der Waals surface area contributed by atoms with E-state index in [0.29, 0.717) is 6.54 Å². The Labute approximate surface area is 112 Å². The van der Waals surface area contributed by atoms with Gasteiger partial charge in [-0.15, -0.1) is 0 Å². The quantitative estimate of drug-likeness (QED) is 0.884. The molecule has 0 atom stereocenters. The van der Waals surface area contributed by atoms with E-state index in [9.17, 15) is 4.79 Å². The molecule has 1 heterocycles. The number of amides is 1. The predicted molar refractivity (Wildman–Crippen MR) is 76.0 cm³/mol. The van der Waals surface area contributed by atoms with Crippen LogP contribution in [-0.2, 0) is 18.4 Å². The van der Waals surface area contributed by atoms with Crippen molar-refractivity contribution in [3.63, 3.8) is 0 Å². The van der Waals surface area contributed by atoms with Crippen molar-refractivity contribution in [2.24, 2.45) is 7.05 Å². The maximum atomic E-state index is 11.0. The van der Waals surface area contributed by atoms with Crippen molar-refractivity contribution in [2.45, 2.75) is 20.4 Å². The van der Waals surface area contributed by atoms with Crippen LogP contribution in [-0.4, -0.2) is 15.7 Å². The van der Waals surface area contributed by atoms with E-state index in [2.05, 4.69) is 15.7 Å². The standard InChI is InChI=1S/C14H18N4O/c1-10-12(9-18(3)17-10)8-15-13-5-4-6-14(7-13)16-11(2)19/h4-7,9,15H,8H2,1-3H3,(H,16,19). The number of rotatable bonds is 4. The summed E-state index contributed by atoms with van der Waals surface area (Å²) in [6, 6.07) is 7.65. The summed E-state index contributed by atoms with van der Waals surface area (Å²) >= 11 is 0. The van der Waals surface area contributed by atoms with Gasteiger partial charge in [0.25, 0.3) is 0 Å². The van der Waals surface area contributed by atoms with Crippen LogP contribution in [0.5, 0.6) is 0 Å². The second kappa shape index (κ2) is 5.56. The number of carbonyl (C=O) groups is 1. The molecule has 0 aliphatic rings. The largest absolute Gasteiger partial charge is 0.381 e. The summed E-state index contributed by atoms with van der Waals surface area (Å²) in [6.07, 6.45) is 2.00. The lowest BCUT2D eigenvalue weighted by atomic mass is 10.2. The summed E-state index contributed by atoms with van der Waals surface area (Å²) in [4.78, 5) is 11.0. The van der Waals surface area contributed by atoms with Crippen LogP contribution in [0.2, 0.25) is 0 Å². The highest BCUT2D eigenvalue weighted by Crippen LogP contribution is 2.16. The first-order valence-corrected chi connectivity index (χ1v) is 6.15. The van der Waals surface area contributed by atoms with Gasteiger partial charge in [-0.3, -0.25) is 9.48 Å². The van der Waals surface area contributed by atoms with Gasteiger partial charge in [0.2, 0.25) is 5.91 Å². The van der Waals surface area contributed by atoms with Gasteiger partial charge in [-0.2, -0.15) is 5.10 Å². The molecule has 0 saturated heterocycles. The molecule has 0 unspecified atom stereocenters. The minimum atomic E-state index is -0.0692. The molecule has 1 aromatic heterocycles. The average molecular weight is 258 g/mol. The zero-order valence-electron chi connectivity index (χ0n) is 11.4. The number of hydrogen-bond donors (Lipinski definition) is 2. The molecular weight excluding hydrogens is 240 g/mol. The van der Waals surface area contributed by atoms with Crippen LogP contribution in [0.1, 0.15) is 18.2 Å². The first kappa shape index (κ1) is 13.1. The number of carbonyl (C=O) groups excluding carboxylic acids is 1. The molecule has 0 aliphatic carbocycles. The minimum Gasteiger partial charge on any atom is -0.381 e. The van der Waals surface area contributed by atoms with E-state index < -0.39 is 0 Å². The van der Waals surface area contributed by atoms with E-state index >= 15 is 0 Å². The van der Waals surface area contributed by atoms with Crippen molar-refractivity contribution in [1.82, 2.24) is 9.78 Å². The fraction of sp³-hybridized carbons (Fsp3) is 0.286. The Kier molecular flexibility index (Phi) is 3.85. The Bertz CT molecular complexity index is 589. The molecule has 0 spiro atoms. The maximum Gasteiger partial charge on any atom is 0.221 e. The third kappa shape index (κ3) is 3.58. The Hall–Kier alpha value is -2.30. The third-order valence-electron chi connectivity index (χ3n) is 2.78. The molecule has 1 amide bonds. The zero-order chi connectivity index (χ0) is 13.8. The highest BCUT2D eigenvalue weighted by Gasteiger charge is 2.03. The molecule has 2 N–H and O–H groups in total. The van der Waals surface area contributed by atoms with Gasteiger partial charge in [0, 0.05) is 43.7 Å². The van der Waals surface area contributed by atoms with Gasteiger partial charge in [0.05, 0.1) is 5.69 Å². The third-order valence-corrected chi connectivity index (χ3v) is 2.78. The van der Waals surface area contributed by atoms with Crippen molar-refractivity contribution in [3.8, 4) is 0 Å². The normalized spacial score (nSPS) is 10.3. The van der Waals surface area contributed by atoms with Gasteiger partial charge in [0.15, 0.2) is 0 Å². The smallest absolute Gasteiger partial charge is 0.221 e. The fourth-order valence-electron chi connectivity index (χ4n) is 1.93. The van der Waals surface area contributed by atoms with E-state index in [1.54, 1.807) is 4.68 Å². The molecule has 2 rings (SSSR count). The molecule has 0 fully saturated rings. The van der Waals surface area contributed by atoms with Crippen LogP contribution in [0.3, 0.4) is 0 Å². The lowest BCUT2D eigenvalue weighted by Crippen LogP contribution is -2.06. The first-order chi connectivity index (χ1) is 9.04. The SMILES string of the molecule is CC(=O)Nc1cccc(NCc2cn(C)nc2C)c1. The van der Waals surface area contributed by atoms with Crippen LogP contribution in [0.4, 0.5) is 11.4 Å². The highest BCUT2D eigenvalue weighted by molar-refractivity contribution is 5.89. The van der Waals surface area contributed by atoms with Crippen LogP contribution >= 0.6 is 0 Å². The monoisotopic (exact) mass is 258 g/mol. The Morgan fingerprint density at radius 2 is 2.11 bits per heavy atom. The molecule has 0 saturated carbocycles. The van der Waals surface area contributed by atoms with Gasteiger partial charge >= 0.3 is 0 Å². The van der Waals surface area contributed by atoms with Crippen LogP contribution in [0.25, 0.3) is 0 Å². The molecule has 5 heteroatoms. The van der Waals surface area contributed by atoms with E-state index in [4.69, 9.17) is 0 Å². The number of aromatic nitrogens is 2. The zero-order valence-corrected chi connectivity index (χ0v) is 11.4. The number of nitrogens with zero attached hydrogens (tertiary/aromatic N) is 2. The van der Waals surface area contributed by atoms with Crippen LogP contribution < -0.4 is 10.6 Å². The molecule has 0 bridgehead atoms. The van der Waals surface area contributed by atoms with E-state index in [0.717, 1.165) is 22.6 Å². The fourth-order valence-corrected chi connectivity index (χ4v) is 1.93. The lowest BCUT2D eigenvalue weighted by Gasteiger charge is -2.08. The molecule has 0 aliphatic heterocycles. The van der Waals surface area contributed by atoms with Gasteiger partial charge in [0.1, 0.15) is 0 Å². The molecule has 0 radical (unpaired) electrons. The topological polar surface area (TPSA) is 59.0 Å². The number of nitrogens with one attached hydrogen (secondary N) is 2. The van der Waals surface area contributed by atoms with Crippen LogP contribution in [0.15, 0.2) is 30.5 Å². The maximum absolute atomic E-state index is 11.0. The van der Waals surface area contributed by atoms with E-state index in [-0.39, 0.29) is 5.91 Å². The lowest BCUT2D eigenvalue weighted by molar-refractivity contribution is -0.114. The second-order valence-electron chi connectivity index (χ2n) is 4.53.